The zero-order chi connectivity index (χ0) is 41.4. The van der Waals surface area contributed by atoms with Crippen LogP contribution < -0.4 is 0 Å². The predicted molar refractivity (Wildman–Crippen MR) is 256 cm³/mol. The third kappa shape index (κ3) is 5.76. The highest BCUT2D eigenvalue weighted by Gasteiger charge is 2.20. The van der Waals surface area contributed by atoms with E-state index in [1.54, 1.807) is 0 Å². The predicted octanol–water partition coefficient (Wildman–Crippen LogP) is 15.1. The number of benzene rings is 9. The summed E-state index contributed by atoms with van der Waals surface area (Å²) in [5.41, 5.74) is 13.8. The Labute approximate surface area is 361 Å². The van der Waals surface area contributed by atoms with Gasteiger partial charge in [-0.25, -0.2) is 15.0 Å². The molecule has 0 aliphatic carbocycles. The van der Waals surface area contributed by atoms with Crippen LogP contribution in [-0.2, 0) is 0 Å². The summed E-state index contributed by atoms with van der Waals surface area (Å²) in [7, 11) is 0. The summed E-state index contributed by atoms with van der Waals surface area (Å²) in [4.78, 5) is 15.3. The van der Waals surface area contributed by atoms with Crippen molar-refractivity contribution in [1.82, 2.24) is 19.5 Å². The summed E-state index contributed by atoms with van der Waals surface area (Å²) in [5.74, 6) is 1.71. The molecule has 6 heteroatoms. The van der Waals surface area contributed by atoms with Crippen molar-refractivity contribution in [2.75, 3.05) is 0 Å². The van der Waals surface area contributed by atoms with E-state index >= 15 is 0 Å². The first kappa shape index (κ1) is 35.2. The molecule has 9 aromatic carbocycles. The van der Waals surface area contributed by atoms with Crippen LogP contribution in [0.1, 0.15) is 0 Å². The summed E-state index contributed by atoms with van der Waals surface area (Å²) >= 11 is 0. The molecule has 0 N–H and O–H groups in total. The summed E-state index contributed by atoms with van der Waals surface area (Å²) in [6.45, 7) is 0. The number of para-hydroxylation sites is 3. The van der Waals surface area contributed by atoms with Gasteiger partial charge in [0.05, 0.1) is 11.0 Å². The molecule has 63 heavy (non-hydrogen) atoms. The van der Waals surface area contributed by atoms with Crippen molar-refractivity contribution in [1.29, 1.82) is 0 Å². The van der Waals surface area contributed by atoms with Crippen LogP contribution in [0.4, 0.5) is 0 Å². The molecule has 13 aromatic rings. The van der Waals surface area contributed by atoms with Gasteiger partial charge in [0.15, 0.2) is 17.5 Å². The SMILES string of the molecule is c1ccc(-c2nc(-c3ccc4c(c3)oc3ccccc34)nc(-c3cccc4oc5ccc(-c6cccc(-c7ccc8c(c7)c7ccccc7n8-c7ccccc7)c6)cc5c34)n2)cc1. The second-order valence-electron chi connectivity index (χ2n) is 16.0. The van der Waals surface area contributed by atoms with Gasteiger partial charge in [0.25, 0.3) is 0 Å². The molecule has 0 atom stereocenters. The molecule has 0 amide bonds. The first-order chi connectivity index (χ1) is 31.2. The van der Waals surface area contributed by atoms with Crippen LogP contribution in [0.5, 0.6) is 0 Å². The Morgan fingerprint density at radius 3 is 1.70 bits per heavy atom. The van der Waals surface area contributed by atoms with Crippen LogP contribution in [0.2, 0.25) is 0 Å². The topological polar surface area (TPSA) is 69.9 Å². The fourth-order valence-corrected chi connectivity index (χ4v) is 9.29. The minimum absolute atomic E-state index is 0.561. The highest BCUT2D eigenvalue weighted by Crippen LogP contribution is 2.40. The number of rotatable bonds is 6. The van der Waals surface area contributed by atoms with Crippen molar-refractivity contribution in [2.24, 2.45) is 0 Å². The average Bonchev–Trinajstić information content (AvgIpc) is 4.03. The maximum atomic E-state index is 6.53. The van der Waals surface area contributed by atoms with Gasteiger partial charge in [-0.3, -0.25) is 0 Å². The molecule has 0 saturated heterocycles. The standard InChI is InChI=1S/C57H34N4O2/c1-3-13-35(14-4-1)55-58-56(40-25-28-44-43-20-8-10-23-50(43)63-53(44)34-40)60-57(59-55)45-21-12-24-52-54(45)47-33-39(27-30-51(47)62-52)37-16-11-15-36(31-37)38-26-29-49-46(32-38)42-19-7-9-22-48(42)61(49)41-17-5-2-6-18-41/h1-34H. The number of hydrogen-bond acceptors (Lipinski definition) is 5. The number of furan rings is 2. The molecule has 13 rings (SSSR count). The lowest BCUT2D eigenvalue weighted by Crippen LogP contribution is -2.00. The van der Waals surface area contributed by atoms with Gasteiger partial charge in [0.2, 0.25) is 0 Å². The highest BCUT2D eigenvalue weighted by molar-refractivity contribution is 6.13. The molecule has 0 aliphatic heterocycles. The maximum Gasteiger partial charge on any atom is 0.164 e. The van der Waals surface area contributed by atoms with Crippen molar-refractivity contribution in [2.45, 2.75) is 0 Å². The number of nitrogens with zero attached hydrogens (tertiary/aromatic N) is 4. The Balaban J connectivity index is 0.933. The van der Waals surface area contributed by atoms with Gasteiger partial charge in [-0.05, 0) is 95.1 Å². The number of aromatic nitrogens is 4. The van der Waals surface area contributed by atoms with Crippen molar-refractivity contribution < 1.29 is 8.83 Å². The van der Waals surface area contributed by atoms with E-state index < -0.39 is 0 Å². The average molecular weight is 807 g/mol. The van der Waals surface area contributed by atoms with Crippen LogP contribution >= 0.6 is 0 Å². The third-order valence-corrected chi connectivity index (χ3v) is 12.3. The van der Waals surface area contributed by atoms with Crippen LogP contribution in [0.3, 0.4) is 0 Å². The Bertz CT molecular complexity index is 3920. The van der Waals surface area contributed by atoms with E-state index in [9.17, 15) is 0 Å². The summed E-state index contributed by atoms with van der Waals surface area (Å²) in [6, 6.07) is 71.7. The molecule has 6 nitrogen and oxygen atoms in total. The normalized spacial score (nSPS) is 11.8. The largest absolute Gasteiger partial charge is 0.456 e. The summed E-state index contributed by atoms with van der Waals surface area (Å²) < 4.78 is 15.2. The van der Waals surface area contributed by atoms with Gasteiger partial charge >= 0.3 is 0 Å². The van der Waals surface area contributed by atoms with Crippen LogP contribution in [0, 0.1) is 0 Å². The molecule has 0 unspecified atom stereocenters. The van der Waals surface area contributed by atoms with Crippen LogP contribution in [0.15, 0.2) is 215 Å². The summed E-state index contributed by atoms with van der Waals surface area (Å²) in [6.07, 6.45) is 0. The van der Waals surface area contributed by atoms with Gasteiger partial charge in [-0.1, -0.05) is 133 Å². The number of hydrogen-bond donors (Lipinski definition) is 0. The third-order valence-electron chi connectivity index (χ3n) is 12.3. The lowest BCUT2D eigenvalue weighted by Gasteiger charge is -2.10. The molecule has 4 aromatic heterocycles. The summed E-state index contributed by atoms with van der Waals surface area (Å²) in [5, 5.41) is 6.53. The lowest BCUT2D eigenvalue weighted by molar-refractivity contribution is 0.668. The van der Waals surface area contributed by atoms with Gasteiger partial charge in [0, 0.05) is 54.7 Å². The quantitative estimate of drug-likeness (QED) is 0.167. The first-order valence-electron chi connectivity index (χ1n) is 21.1. The van der Waals surface area contributed by atoms with E-state index in [0.29, 0.717) is 17.5 Å². The van der Waals surface area contributed by atoms with Gasteiger partial charge < -0.3 is 13.4 Å². The van der Waals surface area contributed by atoms with Crippen molar-refractivity contribution in [3.8, 4) is 62.1 Å². The number of fused-ring (bicyclic) bond motifs is 9. The lowest BCUT2D eigenvalue weighted by atomic mass is 9.96. The highest BCUT2D eigenvalue weighted by atomic mass is 16.3. The molecule has 0 saturated carbocycles. The van der Waals surface area contributed by atoms with Crippen molar-refractivity contribution >= 4 is 65.7 Å². The monoisotopic (exact) mass is 806 g/mol. The maximum absolute atomic E-state index is 6.53. The van der Waals surface area contributed by atoms with Crippen molar-refractivity contribution in [3.63, 3.8) is 0 Å². The second-order valence-corrected chi connectivity index (χ2v) is 16.0. The smallest absolute Gasteiger partial charge is 0.164 e. The molecular weight excluding hydrogens is 773 g/mol. The Morgan fingerprint density at radius 2 is 0.857 bits per heavy atom. The van der Waals surface area contributed by atoms with E-state index in [0.717, 1.165) is 88.5 Å². The fraction of sp³-hybridized carbons (Fsp3) is 0. The molecule has 0 radical (unpaired) electrons. The zero-order valence-corrected chi connectivity index (χ0v) is 33.7. The van der Waals surface area contributed by atoms with Crippen LogP contribution in [-0.4, -0.2) is 19.5 Å². The minimum atomic E-state index is 0.561. The Kier molecular flexibility index (Phi) is 7.80. The molecular formula is C57H34N4O2. The molecule has 0 bridgehead atoms. The van der Waals surface area contributed by atoms with E-state index in [2.05, 4.69) is 144 Å². The van der Waals surface area contributed by atoms with E-state index in [1.165, 1.54) is 21.8 Å². The van der Waals surface area contributed by atoms with Gasteiger partial charge in [0.1, 0.15) is 22.3 Å². The molecule has 4 heterocycles. The molecule has 294 valence electrons. The fourth-order valence-electron chi connectivity index (χ4n) is 9.29. The van der Waals surface area contributed by atoms with Gasteiger partial charge in [-0.15, -0.1) is 0 Å². The first-order valence-corrected chi connectivity index (χ1v) is 21.1. The van der Waals surface area contributed by atoms with E-state index in [-0.39, 0.29) is 0 Å². The Hall–Kier alpha value is -8.61. The molecule has 0 aliphatic rings. The Morgan fingerprint density at radius 1 is 0.302 bits per heavy atom. The van der Waals surface area contributed by atoms with E-state index in [4.69, 9.17) is 23.8 Å². The van der Waals surface area contributed by atoms with Gasteiger partial charge in [-0.2, -0.15) is 0 Å². The molecule has 0 fully saturated rings. The van der Waals surface area contributed by atoms with Crippen molar-refractivity contribution in [3.05, 3.63) is 206 Å². The van der Waals surface area contributed by atoms with Crippen LogP contribution in [0.25, 0.3) is 128 Å². The minimum Gasteiger partial charge on any atom is -0.456 e. The second kappa shape index (κ2) is 14.0. The van der Waals surface area contributed by atoms with E-state index in [1.807, 2.05) is 66.7 Å². The molecule has 0 spiro atoms. The zero-order valence-electron chi connectivity index (χ0n) is 33.7.